The summed E-state index contributed by atoms with van der Waals surface area (Å²) in [6, 6.07) is 25.8. The van der Waals surface area contributed by atoms with Crippen molar-refractivity contribution < 1.29 is 9.53 Å². The molecule has 1 aliphatic carbocycles. The Morgan fingerprint density at radius 2 is 1.45 bits per heavy atom. The fraction of sp³-hybridized carbons (Fsp3) is 0.0370. The van der Waals surface area contributed by atoms with Gasteiger partial charge < -0.3 is 9.72 Å². The van der Waals surface area contributed by atoms with Gasteiger partial charge in [0.25, 0.3) is 5.56 Å². The van der Waals surface area contributed by atoms with E-state index in [2.05, 4.69) is 15.0 Å². The van der Waals surface area contributed by atoms with Gasteiger partial charge in [0.15, 0.2) is 0 Å². The van der Waals surface area contributed by atoms with Crippen LogP contribution in [0.2, 0.25) is 0 Å². The highest BCUT2D eigenvalue weighted by atomic mass is 16.5. The van der Waals surface area contributed by atoms with Crippen LogP contribution in [-0.4, -0.2) is 28.6 Å². The molecule has 3 aromatic carbocycles. The number of H-pyrrole nitrogens is 1. The molecule has 160 valence electrons. The van der Waals surface area contributed by atoms with Crippen molar-refractivity contribution in [3.63, 3.8) is 0 Å². The third kappa shape index (κ3) is 3.90. The first-order chi connectivity index (χ1) is 16.1. The molecule has 33 heavy (non-hydrogen) atoms. The van der Waals surface area contributed by atoms with Gasteiger partial charge in [0.1, 0.15) is 22.8 Å². The number of ketones is 1. The van der Waals surface area contributed by atoms with Crippen LogP contribution < -0.4 is 10.3 Å². The normalized spacial score (nSPS) is 14.0. The highest BCUT2D eigenvalue weighted by Crippen LogP contribution is 2.30. The number of allylic oxidation sites excluding steroid dienone is 1. The predicted octanol–water partition coefficient (Wildman–Crippen LogP) is 4.96. The molecule has 0 amide bonds. The third-order valence-electron chi connectivity index (χ3n) is 5.37. The molecule has 6 nitrogen and oxygen atoms in total. The Bertz CT molecular complexity index is 1450. The Kier molecular flexibility index (Phi) is 5.24. The van der Waals surface area contributed by atoms with Crippen LogP contribution >= 0.6 is 0 Å². The number of aromatic amines is 1. The van der Waals surface area contributed by atoms with E-state index in [1.165, 1.54) is 0 Å². The van der Waals surface area contributed by atoms with Crippen molar-refractivity contribution >= 4 is 28.8 Å². The van der Waals surface area contributed by atoms with E-state index in [-0.39, 0.29) is 22.9 Å². The molecule has 0 saturated heterocycles. The maximum Gasteiger partial charge on any atom is 0.275 e. The van der Waals surface area contributed by atoms with Gasteiger partial charge in [-0.15, -0.1) is 0 Å². The molecule has 0 unspecified atom stereocenters. The van der Waals surface area contributed by atoms with Crippen LogP contribution in [0.3, 0.4) is 0 Å². The lowest BCUT2D eigenvalue weighted by Gasteiger charge is -2.18. The van der Waals surface area contributed by atoms with Crippen molar-refractivity contribution in [3.8, 4) is 17.0 Å². The van der Waals surface area contributed by atoms with E-state index in [0.717, 1.165) is 5.56 Å². The Morgan fingerprint density at radius 1 is 0.818 bits per heavy atom. The quantitative estimate of drug-likeness (QED) is 0.493. The first kappa shape index (κ1) is 20.3. The van der Waals surface area contributed by atoms with Gasteiger partial charge in [-0.05, 0) is 35.9 Å². The standard InChI is InChI=1S/C27H19N3O3/c1-33-20-14-12-19(13-15-20)28-24-21(17-8-4-2-5-9-17)16-22-25(26(24)31)30-27(32)23(29-22)18-10-6-3-7-11-18/h2-16H,1H3,(H,30,32). The Labute approximate surface area is 190 Å². The zero-order valence-electron chi connectivity index (χ0n) is 17.8. The van der Waals surface area contributed by atoms with E-state index in [1.54, 1.807) is 37.5 Å². The average molecular weight is 433 g/mol. The zero-order chi connectivity index (χ0) is 22.8. The summed E-state index contributed by atoms with van der Waals surface area (Å²) in [4.78, 5) is 38.2. The molecule has 1 heterocycles. The Hall–Kier alpha value is -4.58. The number of fused-ring (bicyclic) bond motifs is 1. The molecule has 0 atom stereocenters. The number of aliphatic imine (C=N–C) groups is 1. The highest BCUT2D eigenvalue weighted by Gasteiger charge is 2.29. The number of aromatic nitrogens is 2. The second-order valence-corrected chi connectivity index (χ2v) is 7.45. The molecule has 0 spiro atoms. The fourth-order valence-electron chi connectivity index (χ4n) is 3.71. The van der Waals surface area contributed by atoms with Gasteiger partial charge >= 0.3 is 0 Å². The summed E-state index contributed by atoms with van der Waals surface area (Å²) < 4.78 is 5.20. The number of methoxy groups -OCH3 is 1. The van der Waals surface area contributed by atoms with E-state index in [9.17, 15) is 9.59 Å². The summed E-state index contributed by atoms with van der Waals surface area (Å²) in [5.41, 5.74) is 3.37. The molecule has 0 fully saturated rings. The maximum atomic E-state index is 13.5. The van der Waals surface area contributed by atoms with E-state index in [4.69, 9.17) is 4.74 Å². The molecular formula is C27H19N3O3. The predicted molar refractivity (Wildman–Crippen MR) is 129 cm³/mol. The molecule has 0 aliphatic heterocycles. The van der Waals surface area contributed by atoms with Gasteiger partial charge in [-0.25, -0.2) is 9.98 Å². The number of hydrogen-bond acceptors (Lipinski definition) is 5. The molecule has 4 aromatic rings. The first-order valence-corrected chi connectivity index (χ1v) is 10.4. The smallest absolute Gasteiger partial charge is 0.275 e. The number of nitrogens with zero attached hydrogens (tertiary/aromatic N) is 2. The second-order valence-electron chi connectivity index (χ2n) is 7.45. The van der Waals surface area contributed by atoms with E-state index < -0.39 is 5.56 Å². The molecule has 1 aromatic heterocycles. The van der Waals surface area contributed by atoms with E-state index in [1.807, 2.05) is 60.7 Å². The maximum absolute atomic E-state index is 13.5. The Balaban J connectivity index is 1.70. The van der Waals surface area contributed by atoms with Crippen LogP contribution in [0.25, 0.3) is 22.9 Å². The van der Waals surface area contributed by atoms with Crippen molar-refractivity contribution in [2.75, 3.05) is 7.11 Å². The van der Waals surface area contributed by atoms with Crippen LogP contribution in [0.15, 0.2) is 94.7 Å². The minimum absolute atomic E-state index is 0.131. The first-order valence-electron chi connectivity index (χ1n) is 10.4. The molecule has 1 N–H and O–H groups in total. The lowest BCUT2D eigenvalue weighted by atomic mass is 9.90. The van der Waals surface area contributed by atoms with Crippen LogP contribution in [0.1, 0.15) is 21.7 Å². The summed E-state index contributed by atoms with van der Waals surface area (Å²) in [5.74, 6) is 0.312. The SMILES string of the molecule is COc1ccc(N=C2C(=O)c3[nH]c(=O)c(-c4ccccc4)nc3C=C2c2ccccc2)cc1. The molecule has 0 bridgehead atoms. The number of benzene rings is 3. The van der Waals surface area contributed by atoms with E-state index in [0.29, 0.717) is 28.3 Å². The highest BCUT2D eigenvalue weighted by molar-refractivity contribution is 6.63. The minimum atomic E-state index is -0.423. The summed E-state index contributed by atoms with van der Waals surface area (Å²) in [7, 11) is 1.59. The van der Waals surface area contributed by atoms with E-state index >= 15 is 0 Å². The number of nitrogens with one attached hydrogen (secondary N) is 1. The summed E-state index contributed by atoms with van der Waals surface area (Å²) in [6.07, 6.45) is 1.80. The van der Waals surface area contributed by atoms with Crippen LogP contribution in [0.4, 0.5) is 5.69 Å². The van der Waals surface area contributed by atoms with Gasteiger partial charge in [-0.2, -0.15) is 0 Å². The number of hydrogen-bond donors (Lipinski definition) is 1. The number of carbonyl (C=O) groups excluding carboxylic acids is 1. The summed E-state index contributed by atoms with van der Waals surface area (Å²) in [5, 5.41) is 0. The Morgan fingerprint density at radius 3 is 2.09 bits per heavy atom. The van der Waals surface area contributed by atoms with Crippen LogP contribution in [0, 0.1) is 0 Å². The summed E-state index contributed by atoms with van der Waals surface area (Å²) in [6.45, 7) is 0. The van der Waals surface area contributed by atoms with Crippen molar-refractivity contribution in [2.24, 2.45) is 4.99 Å². The summed E-state index contributed by atoms with van der Waals surface area (Å²) >= 11 is 0. The van der Waals surface area contributed by atoms with Crippen molar-refractivity contribution in [3.05, 3.63) is 112 Å². The molecule has 1 aliphatic rings. The van der Waals surface area contributed by atoms with Gasteiger partial charge in [-0.1, -0.05) is 60.7 Å². The average Bonchev–Trinajstić information content (AvgIpc) is 2.87. The van der Waals surface area contributed by atoms with Crippen LogP contribution in [0.5, 0.6) is 5.75 Å². The molecule has 5 rings (SSSR count). The van der Waals surface area contributed by atoms with Gasteiger partial charge in [-0.3, -0.25) is 9.59 Å². The third-order valence-corrected chi connectivity index (χ3v) is 5.37. The largest absolute Gasteiger partial charge is 0.497 e. The molecule has 6 heteroatoms. The lowest BCUT2D eigenvalue weighted by molar-refractivity contribution is 0.106. The minimum Gasteiger partial charge on any atom is -0.497 e. The number of carbonyl (C=O) groups is 1. The van der Waals surface area contributed by atoms with Gasteiger partial charge in [0.2, 0.25) is 5.78 Å². The fourth-order valence-corrected chi connectivity index (χ4v) is 3.71. The van der Waals surface area contributed by atoms with Crippen molar-refractivity contribution in [2.45, 2.75) is 0 Å². The number of Topliss-reactive ketones (excluding diaryl/α,β-unsaturated/α-hetero) is 1. The number of rotatable bonds is 4. The topological polar surface area (TPSA) is 84.4 Å². The second kappa shape index (κ2) is 8.51. The lowest BCUT2D eigenvalue weighted by Crippen LogP contribution is -2.27. The van der Waals surface area contributed by atoms with Crippen molar-refractivity contribution in [1.82, 2.24) is 9.97 Å². The van der Waals surface area contributed by atoms with Gasteiger partial charge in [0, 0.05) is 11.1 Å². The van der Waals surface area contributed by atoms with Crippen LogP contribution in [-0.2, 0) is 0 Å². The molecular weight excluding hydrogens is 414 g/mol. The monoisotopic (exact) mass is 433 g/mol. The van der Waals surface area contributed by atoms with Crippen molar-refractivity contribution in [1.29, 1.82) is 0 Å². The number of ether oxygens (including phenoxy) is 1. The molecule has 0 saturated carbocycles. The van der Waals surface area contributed by atoms with Gasteiger partial charge in [0.05, 0.1) is 18.5 Å². The molecule has 0 radical (unpaired) electrons. The zero-order valence-corrected chi connectivity index (χ0v) is 17.8.